The second-order valence-corrected chi connectivity index (χ2v) is 7.72. The van der Waals surface area contributed by atoms with E-state index in [2.05, 4.69) is 50.4 Å². The van der Waals surface area contributed by atoms with Crippen LogP contribution < -0.4 is 5.32 Å². The summed E-state index contributed by atoms with van der Waals surface area (Å²) in [5.74, 6) is -1.14. The Kier molecular flexibility index (Phi) is 6.81. The molecular weight excluding hydrogens is 330 g/mol. The van der Waals surface area contributed by atoms with E-state index in [1.807, 2.05) is 0 Å². The van der Waals surface area contributed by atoms with Crippen LogP contribution in [0, 0.1) is 6.92 Å². The van der Waals surface area contributed by atoms with Crippen molar-refractivity contribution >= 4 is 11.9 Å². The number of carboxylic acid groups (broad SMARTS) is 1. The molecule has 1 heterocycles. The minimum absolute atomic E-state index is 0.0304. The molecule has 0 bridgehead atoms. The Balaban J connectivity index is 2.10. The summed E-state index contributed by atoms with van der Waals surface area (Å²) in [5, 5.41) is 11.6. The predicted octanol–water partition coefficient (Wildman–Crippen LogP) is 3.58. The Morgan fingerprint density at radius 3 is 2.54 bits per heavy atom. The summed E-state index contributed by atoms with van der Waals surface area (Å²) in [4.78, 5) is 22.5. The van der Waals surface area contributed by atoms with E-state index in [-0.39, 0.29) is 29.8 Å². The van der Waals surface area contributed by atoms with Crippen molar-refractivity contribution in [1.29, 1.82) is 0 Å². The Labute approximate surface area is 156 Å². The number of hydrogen-bond donors (Lipinski definition) is 2. The fourth-order valence-corrected chi connectivity index (χ4v) is 3.84. The van der Waals surface area contributed by atoms with Gasteiger partial charge in [-0.2, -0.15) is 0 Å². The monoisotopic (exact) mass is 361 g/mol. The van der Waals surface area contributed by atoms with Crippen LogP contribution in [-0.2, 0) is 19.7 Å². The average molecular weight is 361 g/mol. The van der Waals surface area contributed by atoms with Crippen molar-refractivity contribution in [3.05, 3.63) is 35.4 Å². The highest BCUT2D eigenvalue weighted by Gasteiger charge is 2.43. The van der Waals surface area contributed by atoms with Crippen LogP contribution in [0.4, 0.5) is 0 Å². The summed E-state index contributed by atoms with van der Waals surface area (Å²) in [5.41, 5.74) is 2.34. The van der Waals surface area contributed by atoms with E-state index < -0.39 is 5.97 Å². The molecule has 1 aliphatic heterocycles. The summed E-state index contributed by atoms with van der Waals surface area (Å²) in [6.07, 6.45) is 3.53. The first kappa shape index (κ1) is 20.4. The van der Waals surface area contributed by atoms with Crippen molar-refractivity contribution in [3.8, 4) is 0 Å². The lowest BCUT2D eigenvalue weighted by Gasteiger charge is -2.47. The number of carbonyl (C=O) groups is 2. The molecule has 26 heavy (non-hydrogen) atoms. The van der Waals surface area contributed by atoms with Gasteiger partial charge < -0.3 is 15.2 Å². The molecule has 2 rings (SSSR count). The number of nitrogens with one attached hydrogen (secondary N) is 1. The maximum atomic E-state index is 11.9. The zero-order valence-electron chi connectivity index (χ0n) is 16.1. The van der Waals surface area contributed by atoms with Crippen molar-refractivity contribution in [2.45, 2.75) is 70.3 Å². The molecule has 0 spiro atoms. The maximum Gasteiger partial charge on any atom is 0.303 e. The largest absolute Gasteiger partial charge is 0.481 e. The van der Waals surface area contributed by atoms with Crippen LogP contribution in [0.15, 0.2) is 24.3 Å². The second-order valence-electron chi connectivity index (χ2n) is 7.72. The van der Waals surface area contributed by atoms with Crippen molar-refractivity contribution in [2.75, 3.05) is 13.2 Å². The van der Waals surface area contributed by atoms with Crippen LogP contribution in [0.3, 0.4) is 0 Å². The lowest BCUT2D eigenvalue weighted by Crippen LogP contribution is -2.47. The molecule has 1 aromatic carbocycles. The van der Waals surface area contributed by atoms with Gasteiger partial charge in [0.25, 0.3) is 0 Å². The normalized spacial score (nSPS) is 25.7. The third-order valence-electron chi connectivity index (χ3n) is 5.65. The standard InChI is InChI=1S/C21H31NO4/c1-4-20(3)15-21(12-14-26-20,17-7-5-16(2)6-8-17)11-13-22-18(23)9-10-19(24)25/h5-8H,4,9-15H2,1-3H3,(H,22,23)(H,24,25)/t20-,21-/m0/s1. The van der Waals surface area contributed by atoms with Crippen LogP contribution in [-0.4, -0.2) is 35.7 Å². The molecule has 1 saturated heterocycles. The summed E-state index contributed by atoms with van der Waals surface area (Å²) < 4.78 is 6.05. The highest BCUT2D eigenvalue weighted by atomic mass is 16.5. The van der Waals surface area contributed by atoms with Gasteiger partial charge in [0, 0.05) is 25.0 Å². The number of ether oxygens (including phenoxy) is 1. The van der Waals surface area contributed by atoms with Gasteiger partial charge in [-0.25, -0.2) is 0 Å². The third-order valence-corrected chi connectivity index (χ3v) is 5.65. The van der Waals surface area contributed by atoms with Crippen LogP contribution in [0.1, 0.15) is 63.5 Å². The molecule has 1 fully saturated rings. The molecule has 1 aliphatic rings. The van der Waals surface area contributed by atoms with Gasteiger partial charge in [-0.3, -0.25) is 9.59 Å². The number of aryl methyl sites for hydroxylation is 1. The van der Waals surface area contributed by atoms with E-state index in [9.17, 15) is 9.59 Å². The van der Waals surface area contributed by atoms with Crippen LogP contribution in [0.5, 0.6) is 0 Å². The van der Waals surface area contributed by atoms with Gasteiger partial charge in [-0.1, -0.05) is 36.8 Å². The van der Waals surface area contributed by atoms with E-state index in [4.69, 9.17) is 9.84 Å². The number of hydrogen-bond acceptors (Lipinski definition) is 3. The number of amides is 1. The zero-order valence-corrected chi connectivity index (χ0v) is 16.1. The van der Waals surface area contributed by atoms with E-state index in [0.29, 0.717) is 13.2 Å². The quantitative estimate of drug-likeness (QED) is 0.742. The SMILES string of the molecule is CC[C@@]1(C)C[C@@](CCNC(=O)CCC(=O)O)(c2ccc(C)cc2)CCO1. The minimum atomic E-state index is -0.945. The van der Waals surface area contributed by atoms with E-state index >= 15 is 0 Å². The van der Waals surface area contributed by atoms with Gasteiger partial charge in [0.05, 0.1) is 12.0 Å². The summed E-state index contributed by atoms with van der Waals surface area (Å²) in [6.45, 7) is 7.66. The first-order chi connectivity index (χ1) is 12.3. The highest BCUT2D eigenvalue weighted by Crippen LogP contribution is 2.45. The van der Waals surface area contributed by atoms with Gasteiger partial charge in [-0.15, -0.1) is 0 Å². The van der Waals surface area contributed by atoms with Crippen molar-refractivity contribution < 1.29 is 19.4 Å². The lowest BCUT2D eigenvalue weighted by molar-refractivity contribution is -0.138. The predicted molar refractivity (Wildman–Crippen MR) is 101 cm³/mol. The average Bonchev–Trinajstić information content (AvgIpc) is 2.60. The van der Waals surface area contributed by atoms with Crippen molar-refractivity contribution in [1.82, 2.24) is 5.32 Å². The Morgan fingerprint density at radius 1 is 1.23 bits per heavy atom. The molecule has 0 aromatic heterocycles. The molecule has 1 aromatic rings. The molecule has 5 heteroatoms. The van der Waals surface area contributed by atoms with Crippen LogP contribution >= 0.6 is 0 Å². The molecule has 0 radical (unpaired) electrons. The number of aliphatic carboxylic acids is 1. The smallest absolute Gasteiger partial charge is 0.303 e. The van der Waals surface area contributed by atoms with Gasteiger partial charge >= 0.3 is 5.97 Å². The molecule has 0 aliphatic carbocycles. The summed E-state index contributed by atoms with van der Waals surface area (Å²) in [7, 11) is 0. The number of carbonyl (C=O) groups excluding carboxylic acids is 1. The minimum Gasteiger partial charge on any atom is -0.481 e. The Morgan fingerprint density at radius 2 is 1.92 bits per heavy atom. The Bertz CT molecular complexity index is 627. The van der Waals surface area contributed by atoms with Crippen LogP contribution in [0.25, 0.3) is 0 Å². The fourth-order valence-electron chi connectivity index (χ4n) is 3.84. The molecule has 2 N–H and O–H groups in total. The van der Waals surface area contributed by atoms with Crippen LogP contribution in [0.2, 0.25) is 0 Å². The fraction of sp³-hybridized carbons (Fsp3) is 0.619. The molecule has 0 saturated carbocycles. The number of benzene rings is 1. The molecule has 5 nitrogen and oxygen atoms in total. The van der Waals surface area contributed by atoms with Gasteiger partial charge in [0.2, 0.25) is 5.91 Å². The topological polar surface area (TPSA) is 75.6 Å². The van der Waals surface area contributed by atoms with Gasteiger partial charge in [0.1, 0.15) is 0 Å². The molecule has 144 valence electrons. The van der Waals surface area contributed by atoms with Crippen molar-refractivity contribution in [3.63, 3.8) is 0 Å². The molecule has 2 atom stereocenters. The highest BCUT2D eigenvalue weighted by molar-refractivity contribution is 5.80. The van der Waals surface area contributed by atoms with Gasteiger partial charge in [0.15, 0.2) is 0 Å². The lowest BCUT2D eigenvalue weighted by atomic mass is 9.66. The zero-order chi connectivity index (χ0) is 19.2. The molecule has 1 amide bonds. The van der Waals surface area contributed by atoms with E-state index in [1.54, 1.807) is 0 Å². The second kappa shape index (κ2) is 8.67. The van der Waals surface area contributed by atoms with E-state index in [1.165, 1.54) is 11.1 Å². The van der Waals surface area contributed by atoms with E-state index in [0.717, 1.165) is 25.7 Å². The first-order valence-electron chi connectivity index (χ1n) is 9.48. The molecular formula is C21H31NO4. The van der Waals surface area contributed by atoms with Gasteiger partial charge in [-0.05, 0) is 45.1 Å². The number of carboxylic acids is 1. The first-order valence-corrected chi connectivity index (χ1v) is 9.48. The maximum absolute atomic E-state index is 11.9. The third kappa shape index (κ3) is 5.31. The van der Waals surface area contributed by atoms with Crippen molar-refractivity contribution in [2.24, 2.45) is 0 Å². The summed E-state index contributed by atoms with van der Waals surface area (Å²) >= 11 is 0. The summed E-state index contributed by atoms with van der Waals surface area (Å²) in [6, 6.07) is 8.68. The molecule has 0 unspecified atom stereocenters. The Hall–Kier alpha value is -1.88. The number of rotatable bonds is 8.